The Morgan fingerprint density at radius 3 is 2.69 bits per heavy atom. The van der Waals surface area contributed by atoms with Gasteiger partial charge < -0.3 is 10.5 Å². The normalized spacial score (nSPS) is 10.0. The summed E-state index contributed by atoms with van der Waals surface area (Å²) in [6, 6.07) is 6.40. The molecular weight excluding hydrogens is 169 g/mol. The number of nitrogens with two attached hydrogens (primary N) is 1. The average molecular weight is 183 g/mol. The molecule has 0 aliphatic carbocycles. The topological polar surface area (TPSA) is 35.2 Å². The molecule has 0 saturated heterocycles. The van der Waals surface area contributed by atoms with Gasteiger partial charge in [-0.2, -0.15) is 0 Å². The Hall–Kier alpha value is -1.09. The van der Waals surface area contributed by atoms with Gasteiger partial charge in [0.1, 0.15) is 0 Å². The Morgan fingerprint density at radius 1 is 1.23 bits per heavy atom. The van der Waals surface area contributed by atoms with Crippen LogP contribution in [0.4, 0.5) is 4.39 Å². The van der Waals surface area contributed by atoms with E-state index in [9.17, 15) is 4.39 Å². The minimum Gasteiger partial charge on any atom is -0.491 e. The minimum atomic E-state index is -0.310. The van der Waals surface area contributed by atoms with E-state index in [1.807, 2.05) is 0 Å². The first-order valence-corrected chi connectivity index (χ1v) is 4.42. The van der Waals surface area contributed by atoms with Gasteiger partial charge in [-0.25, -0.2) is 4.39 Å². The van der Waals surface area contributed by atoms with Gasteiger partial charge in [0.05, 0.1) is 6.61 Å². The van der Waals surface area contributed by atoms with Gasteiger partial charge in [0, 0.05) is 0 Å². The van der Waals surface area contributed by atoms with Gasteiger partial charge in [-0.1, -0.05) is 12.1 Å². The van der Waals surface area contributed by atoms with Gasteiger partial charge in [-0.15, -0.1) is 0 Å². The van der Waals surface area contributed by atoms with Crippen LogP contribution in [0, 0.1) is 5.82 Å². The molecule has 0 aliphatic rings. The molecule has 0 spiro atoms. The maximum Gasteiger partial charge on any atom is 0.165 e. The molecule has 0 atom stereocenters. The van der Waals surface area contributed by atoms with Crippen molar-refractivity contribution in [2.75, 3.05) is 13.2 Å². The summed E-state index contributed by atoms with van der Waals surface area (Å²) in [6.07, 6.45) is 1.78. The number of halogens is 1. The molecule has 0 unspecified atom stereocenters. The molecule has 0 aromatic heterocycles. The number of para-hydroxylation sites is 1. The molecule has 2 nitrogen and oxygen atoms in total. The van der Waals surface area contributed by atoms with Gasteiger partial charge in [0.25, 0.3) is 0 Å². The SMILES string of the molecule is NCCCCOc1ccccc1F. The van der Waals surface area contributed by atoms with Crippen molar-refractivity contribution in [3.05, 3.63) is 30.1 Å². The first kappa shape index (κ1) is 9.99. The van der Waals surface area contributed by atoms with Crippen LogP contribution < -0.4 is 10.5 Å². The highest BCUT2D eigenvalue weighted by atomic mass is 19.1. The quantitative estimate of drug-likeness (QED) is 0.708. The molecule has 72 valence electrons. The fourth-order valence-electron chi connectivity index (χ4n) is 0.990. The lowest BCUT2D eigenvalue weighted by molar-refractivity contribution is 0.293. The van der Waals surface area contributed by atoms with E-state index in [1.54, 1.807) is 18.2 Å². The number of benzene rings is 1. The van der Waals surface area contributed by atoms with Crippen LogP contribution >= 0.6 is 0 Å². The highest BCUT2D eigenvalue weighted by Crippen LogP contribution is 2.15. The number of unbranched alkanes of at least 4 members (excludes halogenated alkanes) is 1. The van der Waals surface area contributed by atoms with E-state index in [0.29, 0.717) is 18.9 Å². The Labute approximate surface area is 77.5 Å². The van der Waals surface area contributed by atoms with Crippen molar-refractivity contribution in [2.24, 2.45) is 5.73 Å². The molecular formula is C10H14FNO. The molecule has 0 fully saturated rings. The summed E-state index contributed by atoms with van der Waals surface area (Å²) < 4.78 is 18.2. The van der Waals surface area contributed by atoms with E-state index in [4.69, 9.17) is 10.5 Å². The number of rotatable bonds is 5. The van der Waals surface area contributed by atoms with E-state index in [0.717, 1.165) is 12.8 Å². The smallest absolute Gasteiger partial charge is 0.165 e. The molecule has 0 aliphatic heterocycles. The number of ether oxygens (including phenoxy) is 1. The molecule has 0 amide bonds. The van der Waals surface area contributed by atoms with Crippen molar-refractivity contribution in [3.8, 4) is 5.75 Å². The van der Waals surface area contributed by atoms with Gasteiger partial charge in [-0.05, 0) is 31.5 Å². The maximum atomic E-state index is 12.9. The lowest BCUT2D eigenvalue weighted by atomic mass is 10.3. The minimum absolute atomic E-state index is 0.310. The van der Waals surface area contributed by atoms with E-state index in [2.05, 4.69) is 0 Å². The van der Waals surface area contributed by atoms with Crippen molar-refractivity contribution in [2.45, 2.75) is 12.8 Å². The van der Waals surface area contributed by atoms with Gasteiger partial charge in [-0.3, -0.25) is 0 Å². The highest BCUT2D eigenvalue weighted by molar-refractivity contribution is 5.23. The molecule has 0 saturated carbocycles. The second-order valence-corrected chi connectivity index (χ2v) is 2.77. The maximum absolute atomic E-state index is 12.9. The van der Waals surface area contributed by atoms with Crippen LogP contribution in [-0.2, 0) is 0 Å². The Kier molecular flexibility index (Phi) is 4.26. The fraction of sp³-hybridized carbons (Fsp3) is 0.400. The molecule has 1 rings (SSSR count). The Bertz CT molecular complexity index is 252. The molecule has 3 heteroatoms. The van der Waals surface area contributed by atoms with E-state index < -0.39 is 0 Å². The van der Waals surface area contributed by atoms with Crippen LogP contribution in [0.1, 0.15) is 12.8 Å². The fourth-order valence-corrected chi connectivity index (χ4v) is 0.990. The third-order valence-corrected chi connectivity index (χ3v) is 1.69. The van der Waals surface area contributed by atoms with Crippen LogP contribution in [0.3, 0.4) is 0 Å². The third-order valence-electron chi connectivity index (χ3n) is 1.69. The largest absolute Gasteiger partial charge is 0.491 e. The molecule has 13 heavy (non-hydrogen) atoms. The molecule has 2 N–H and O–H groups in total. The van der Waals surface area contributed by atoms with Crippen LogP contribution in [0.5, 0.6) is 5.75 Å². The predicted octanol–water partition coefficient (Wildman–Crippen LogP) is 1.94. The van der Waals surface area contributed by atoms with Crippen molar-refractivity contribution >= 4 is 0 Å². The van der Waals surface area contributed by atoms with Crippen LogP contribution in [-0.4, -0.2) is 13.2 Å². The highest BCUT2D eigenvalue weighted by Gasteiger charge is 1.99. The third kappa shape index (κ3) is 3.42. The molecule has 0 heterocycles. The van der Waals surface area contributed by atoms with Crippen molar-refractivity contribution < 1.29 is 9.13 Å². The summed E-state index contributed by atoms with van der Waals surface area (Å²) in [5.74, 6) is 0.00905. The zero-order valence-corrected chi connectivity index (χ0v) is 7.50. The standard InChI is InChI=1S/C10H14FNO/c11-9-5-1-2-6-10(9)13-8-4-3-7-12/h1-2,5-6H,3-4,7-8,12H2. The van der Waals surface area contributed by atoms with Gasteiger partial charge in [0.15, 0.2) is 11.6 Å². The summed E-state index contributed by atoms with van der Waals surface area (Å²) in [6.45, 7) is 1.18. The summed E-state index contributed by atoms with van der Waals surface area (Å²) in [7, 11) is 0. The molecule has 1 aromatic rings. The molecule has 1 aromatic carbocycles. The van der Waals surface area contributed by atoms with Crippen molar-refractivity contribution in [1.82, 2.24) is 0 Å². The first-order chi connectivity index (χ1) is 6.34. The second-order valence-electron chi connectivity index (χ2n) is 2.77. The zero-order valence-electron chi connectivity index (χ0n) is 7.50. The Balaban J connectivity index is 2.32. The lowest BCUT2D eigenvalue weighted by Gasteiger charge is -2.05. The monoisotopic (exact) mass is 183 g/mol. The zero-order chi connectivity index (χ0) is 9.52. The average Bonchev–Trinajstić information content (AvgIpc) is 2.15. The second kappa shape index (κ2) is 5.54. The van der Waals surface area contributed by atoms with Crippen LogP contribution in [0.2, 0.25) is 0 Å². The Morgan fingerprint density at radius 2 is 2.00 bits per heavy atom. The van der Waals surface area contributed by atoms with E-state index >= 15 is 0 Å². The van der Waals surface area contributed by atoms with E-state index in [1.165, 1.54) is 6.07 Å². The van der Waals surface area contributed by atoms with Gasteiger partial charge >= 0.3 is 0 Å². The van der Waals surface area contributed by atoms with Crippen molar-refractivity contribution in [3.63, 3.8) is 0 Å². The molecule has 0 bridgehead atoms. The van der Waals surface area contributed by atoms with E-state index in [-0.39, 0.29) is 5.82 Å². The molecule has 0 radical (unpaired) electrons. The summed E-state index contributed by atoms with van der Waals surface area (Å²) in [4.78, 5) is 0. The number of hydrogen-bond acceptors (Lipinski definition) is 2. The van der Waals surface area contributed by atoms with Crippen molar-refractivity contribution in [1.29, 1.82) is 0 Å². The number of hydrogen-bond donors (Lipinski definition) is 1. The van der Waals surface area contributed by atoms with Crippen LogP contribution in [0.25, 0.3) is 0 Å². The van der Waals surface area contributed by atoms with Crippen LogP contribution in [0.15, 0.2) is 24.3 Å². The summed E-state index contributed by atoms with van der Waals surface area (Å²) in [5.41, 5.74) is 5.31. The predicted molar refractivity (Wildman–Crippen MR) is 50.2 cm³/mol. The lowest BCUT2D eigenvalue weighted by Crippen LogP contribution is -2.04. The summed E-state index contributed by atoms with van der Waals surface area (Å²) >= 11 is 0. The summed E-state index contributed by atoms with van der Waals surface area (Å²) in [5, 5.41) is 0. The first-order valence-electron chi connectivity index (χ1n) is 4.42. The van der Waals surface area contributed by atoms with Gasteiger partial charge in [0.2, 0.25) is 0 Å².